The van der Waals surface area contributed by atoms with Gasteiger partial charge in [0.15, 0.2) is 0 Å². The molecule has 5 nitrogen and oxygen atoms in total. The molecule has 0 aromatic heterocycles. The van der Waals surface area contributed by atoms with E-state index in [2.05, 4.69) is 4.72 Å². The van der Waals surface area contributed by atoms with Crippen LogP contribution in [0.2, 0.25) is 0 Å². The third-order valence-electron chi connectivity index (χ3n) is 4.55. The van der Waals surface area contributed by atoms with Crippen LogP contribution in [0, 0.1) is 12.8 Å². The van der Waals surface area contributed by atoms with E-state index < -0.39 is 10.0 Å². The molecule has 1 amide bonds. The van der Waals surface area contributed by atoms with Crippen molar-refractivity contribution in [2.75, 3.05) is 16.2 Å². The molecule has 3 rings (SSSR count). The van der Waals surface area contributed by atoms with Gasteiger partial charge in [-0.25, -0.2) is 8.42 Å². The van der Waals surface area contributed by atoms with Crippen molar-refractivity contribution in [2.45, 2.75) is 38.5 Å². The number of carbonyl (C=O) groups is 1. The van der Waals surface area contributed by atoms with Crippen LogP contribution in [0.4, 0.5) is 11.4 Å². The zero-order valence-electron chi connectivity index (χ0n) is 15.3. The molecular formula is C20H24N2O3S. The largest absolute Gasteiger partial charge is 0.312 e. The molecule has 0 atom stereocenters. The summed E-state index contributed by atoms with van der Waals surface area (Å²) in [6.07, 6.45) is 1.81. The van der Waals surface area contributed by atoms with Gasteiger partial charge in [-0.05, 0) is 49.6 Å². The molecule has 138 valence electrons. The van der Waals surface area contributed by atoms with E-state index in [1.807, 2.05) is 26.8 Å². The van der Waals surface area contributed by atoms with E-state index >= 15 is 0 Å². The fourth-order valence-electron chi connectivity index (χ4n) is 3.11. The molecule has 0 bridgehead atoms. The zero-order valence-corrected chi connectivity index (χ0v) is 16.1. The Balaban J connectivity index is 1.92. The van der Waals surface area contributed by atoms with Crippen molar-refractivity contribution in [2.24, 2.45) is 5.92 Å². The van der Waals surface area contributed by atoms with Crippen LogP contribution >= 0.6 is 0 Å². The summed E-state index contributed by atoms with van der Waals surface area (Å²) < 4.78 is 27.9. The van der Waals surface area contributed by atoms with E-state index in [1.54, 1.807) is 41.3 Å². The predicted molar refractivity (Wildman–Crippen MR) is 104 cm³/mol. The van der Waals surface area contributed by atoms with Crippen LogP contribution in [-0.2, 0) is 21.2 Å². The standard InChI is InChI=1S/C20H24N2O3S/c1-14(2)20(23)22-12-4-5-16-8-9-17(13-19(16)22)21-26(24,25)18-10-6-15(3)7-11-18/h6-11,13-14,21H,4-5,12H2,1-3H3. The van der Waals surface area contributed by atoms with Crippen LogP contribution in [-0.4, -0.2) is 20.9 Å². The maximum Gasteiger partial charge on any atom is 0.261 e. The van der Waals surface area contributed by atoms with Gasteiger partial charge in [-0.2, -0.15) is 0 Å². The molecule has 6 heteroatoms. The topological polar surface area (TPSA) is 66.5 Å². The molecular weight excluding hydrogens is 348 g/mol. The Morgan fingerprint density at radius 1 is 1.12 bits per heavy atom. The Morgan fingerprint density at radius 3 is 2.46 bits per heavy atom. The van der Waals surface area contributed by atoms with Gasteiger partial charge in [0, 0.05) is 18.2 Å². The van der Waals surface area contributed by atoms with Gasteiger partial charge < -0.3 is 4.90 Å². The number of hydrogen-bond donors (Lipinski definition) is 1. The second kappa shape index (κ2) is 7.11. The number of sulfonamides is 1. The van der Waals surface area contributed by atoms with Crippen molar-refractivity contribution in [1.29, 1.82) is 0 Å². The highest BCUT2D eigenvalue weighted by Crippen LogP contribution is 2.32. The highest BCUT2D eigenvalue weighted by molar-refractivity contribution is 7.92. The summed E-state index contributed by atoms with van der Waals surface area (Å²) in [5.74, 6) is -0.0432. The number of rotatable bonds is 4. The average Bonchev–Trinajstić information content (AvgIpc) is 2.60. The van der Waals surface area contributed by atoms with Gasteiger partial charge in [0.2, 0.25) is 5.91 Å². The number of nitrogens with zero attached hydrogens (tertiary/aromatic N) is 1. The fourth-order valence-corrected chi connectivity index (χ4v) is 4.16. The van der Waals surface area contributed by atoms with Crippen molar-refractivity contribution in [3.8, 4) is 0 Å². The lowest BCUT2D eigenvalue weighted by Gasteiger charge is -2.31. The van der Waals surface area contributed by atoms with Crippen LogP contribution in [0.3, 0.4) is 0 Å². The number of nitrogens with one attached hydrogen (secondary N) is 1. The molecule has 2 aromatic carbocycles. The maximum atomic E-state index is 12.6. The van der Waals surface area contributed by atoms with Crippen molar-refractivity contribution in [3.05, 3.63) is 53.6 Å². The number of amides is 1. The Hall–Kier alpha value is -2.34. The van der Waals surface area contributed by atoms with Gasteiger partial charge in [-0.1, -0.05) is 37.6 Å². The Bertz CT molecular complexity index is 919. The summed E-state index contributed by atoms with van der Waals surface area (Å²) in [5, 5.41) is 0. The molecule has 0 fully saturated rings. The summed E-state index contributed by atoms with van der Waals surface area (Å²) in [6, 6.07) is 12.1. The van der Waals surface area contributed by atoms with Gasteiger partial charge in [0.05, 0.1) is 10.6 Å². The minimum atomic E-state index is -3.66. The fraction of sp³-hybridized carbons (Fsp3) is 0.350. The molecule has 1 aliphatic rings. The van der Waals surface area contributed by atoms with E-state index in [4.69, 9.17) is 0 Å². The molecule has 0 aliphatic carbocycles. The van der Waals surface area contributed by atoms with Crippen LogP contribution < -0.4 is 9.62 Å². The Morgan fingerprint density at radius 2 is 1.81 bits per heavy atom. The highest BCUT2D eigenvalue weighted by Gasteiger charge is 2.25. The van der Waals surface area contributed by atoms with Crippen molar-refractivity contribution in [3.63, 3.8) is 0 Å². The monoisotopic (exact) mass is 372 g/mol. The minimum Gasteiger partial charge on any atom is -0.312 e. The average molecular weight is 372 g/mol. The number of carbonyl (C=O) groups excluding carboxylic acids is 1. The van der Waals surface area contributed by atoms with E-state index in [9.17, 15) is 13.2 Å². The van der Waals surface area contributed by atoms with Gasteiger partial charge >= 0.3 is 0 Å². The molecule has 26 heavy (non-hydrogen) atoms. The number of fused-ring (bicyclic) bond motifs is 1. The second-order valence-electron chi connectivity index (χ2n) is 7.01. The Labute approximate surface area is 155 Å². The number of anilines is 2. The van der Waals surface area contributed by atoms with E-state index in [1.165, 1.54) is 0 Å². The lowest BCUT2D eigenvalue weighted by atomic mass is 9.99. The van der Waals surface area contributed by atoms with Gasteiger partial charge in [0.25, 0.3) is 10.0 Å². The summed E-state index contributed by atoms with van der Waals surface area (Å²) >= 11 is 0. The van der Waals surface area contributed by atoms with Crippen molar-refractivity contribution < 1.29 is 13.2 Å². The predicted octanol–water partition coefficient (Wildman–Crippen LogP) is 3.73. The van der Waals surface area contributed by atoms with Crippen molar-refractivity contribution >= 4 is 27.3 Å². The SMILES string of the molecule is Cc1ccc(S(=O)(=O)Nc2ccc3c(c2)N(C(=O)C(C)C)CCC3)cc1. The van der Waals surface area contributed by atoms with Crippen LogP contribution in [0.25, 0.3) is 0 Å². The summed E-state index contributed by atoms with van der Waals surface area (Å²) in [5.41, 5.74) is 3.34. The molecule has 0 saturated carbocycles. The first-order valence-corrected chi connectivity index (χ1v) is 10.3. The van der Waals surface area contributed by atoms with Crippen LogP contribution in [0.15, 0.2) is 47.4 Å². The van der Waals surface area contributed by atoms with E-state index in [0.717, 1.165) is 29.7 Å². The second-order valence-corrected chi connectivity index (χ2v) is 8.69. The smallest absolute Gasteiger partial charge is 0.261 e. The third kappa shape index (κ3) is 3.75. The highest BCUT2D eigenvalue weighted by atomic mass is 32.2. The summed E-state index contributed by atoms with van der Waals surface area (Å²) in [6.45, 7) is 6.33. The van der Waals surface area contributed by atoms with Crippen LogP contribution in [0.1, 0.15) is 31.4 Å². The molecule has 0 radical (unpaired) electrons. The first-order valence-electron chi connectivity index (χ1n) is 8.82. The molecule has 1 heterocycles. The zero-order chi connectivity index (χ0) is 18.9. The molecule has 0 saturated heterocycles. The first kappa shape index (κ1) is 18.5. The van der Waals surface area contributed by atoms with Gasteiger partial charge in [0.1, 0.15) is 0 Å². The molecule has 2 aromatic rings. The molecule has 0 unspecified atom stereocenters. The van der Waals surface area contributed by atoms with E-state index in [0.29, 0.717) is 12.2 Å². The number of hydrogen-bond acceptors (Lipinski definition) is 3. The van der Waals surface area contributed by atoms with Gasteiger partial charge in [-0.15, -0.1) is 0 Å². The van der Waals surface area contributed by atoms with Crippen molar-refractivity contribution in [1.82, 2.24) is 0 Å². The lowest BCUT2D eigenvalue weighted by molar-refractivity contribution is -0.121. The van der Waals surface area contributed by atoms with Gasteiger partial charge in [-0.3, -0.25) is 9.52 Å². The quantitative estimate of drug-likeness (QED) is 0.889. The molecule has 1 N–H and O–H groups in total. The normalized spacial score (nSPS) is 14.2. The molecule has 0 spiro atoms. The van der Waals surface area contributed by atoms with Crippen LogP contribution in [0.5, 0.6) is 0 Å². The molecule has 1 aliphatic heterocycles. The summed E-state index contributed by atoms with van der Waals surface area (Å²) in [4.78, 5) is 14.5. The Kier molecular flexibility index (Phi) is 5.05. The lowest BCUT2D eigenvalue weighted by Crippen LogP contribution is -2.38. The number of benzene rings is 2. The van der Waals surface area contributed by atoms with E-state index in [-0.39, 0.29) is 16.7 Å². The number of aryl methyl sites for hydroxylation is 2. The summed E-state index contributed by atoms with van der Waals surface area (Å²) in [7, 11) is -3.66. The minimum absolute atomic E-state index is 0.0597. The maximum absolute atomic E-state index is 12.6. The third-order valence-corrected chi connectivity index (χ3v) is 5.94. The first-order chi connectivity index (χ1) is 12.3.